The number of benzene rings is 2. The van der Waals surface area contributed by atoms with Crippen LogP contribution >= 0.6 is 12.4 Å². The molecule has 0 saturated carbocycles. The number of carbonyl (C=O) groups is 2. The summed E-state index contributed by atoms with van der Waals surface area (Å²) in [7, 11) is 0. The van der Waals surface area contributed by atoms with Gasteiger partial charge in [-0.25, -0.2) is 0 Å². The van der Waals surface area contributed by atoms with E-state index in [0.29, 0.717) is 19.6 Å². The summed E-state index contributed by atoms with van der Waals surface area (Å²) in [6, 6.07) is 17.6. The van der Waals surface area contributed by atoms with Crippen molar-refractivity contribution in [2.45, 2.75) is 33.4 Å². The van der Waals surface area contributed by atoms with E-state index < -0.39 is 0 Å². The Bertz CT molecular complexity index is 722. The lowest BCUT2D eigenvalue weighted by atomic mass is 10.1. The van der Waals surface area contributed by atoms with Gasteiger partial charge in [-0.1, -0.05) is 55.5 Å². The zero-order valence-corrected chi connectivity index (χ0v) is 16.7. The maximum Gasteiger partial charge on any atom is 0.226 e. The van der Waals surface area contributed by atoms with Crippen molar-refractivity contribution in [1.82, 2.24) is 10.2 Å². The van der Waals surface area contributed by atoms with E-state index in [0.717, 1.165) is 23.4 Å². The lowest BCUT2D eigenvalue weighted by Crippen LogP contribution is -2.31. The minimum absolute atomic E-state index is 0. The number of hydrogen-bond donors (Lipinski definition) is 2. The first-order chi connectivity index (χ1) is 12.6. The van der Waals surface area contributed by atoms with Crippen molar-refractivity contribution < 1.29 is 9.59 Å². The van der Waals surface area contributed by atoms with Crippen LogP contribution in [-0.2, 0) is 22.7 Å². The fourth-order valence-corrected chi connectivity index (χ4v) is 2.66. The van der Waals surface area contributed by atoms with Gasteiger partial charge in [0, 0.05) is 38.7 Å². The maximum atomic E-state index is 12.3. The molecule has 146 valence electrons. The summed E-state index contributed by atoms with van der Waals surface area (Å²) < 4.78 is 0. The lowest BCUT2D eigenvalue weighted by molar-refractivity contribution is -0.129. The molecule has 0 fully saturated rings. The summed E-state index contributed by atoms with van der Waals surface area (Å²) >= 11 is 0. The van der Waals surface area contributed by atoms with E-state index in [1.54, 1.807) is 4.90 Å². The largest absolute Gasteiger partial charge is 0.338 e. The highest BCUT2D eigenvalue weighted by Gasteiger charge is 2.13. The first-order valence-corrected chi connectivity index (χ1v) is 8.98. The highest BCUT2D eigenvalue weighted by molar-refractivity contribution is 5.91. The van der Waals surface area contributed by atoms with E-state index >= 15 is 0 Å². The van der Waals surface area contributed by atoms with Crippen LogP contribution in [0.25, 0.3) is 0 Å². The zero-order chi connectivity index (χ0) is 18.8. The van der Waals surface area contributed by atoms with Crippen molar-refractivity contribution in [3.63, 3.8) is 0 Å². The molecule has 0 radical (unpaired) electrons. The van der Waals surface area contributed by atoms with E-state index in [-0.39, 0.29) is 30.6 Å². The number of halogens is 1. The maximum absolute atomic E-state index is 12.3. The number of nitrogens with one attached hydrogen (secondary N) is 2. The fourth-order valence-electron chi connectivity index (χ4n) is 2.66. The van der Waals surface area contributed by atoms with Crippen LogP contribution in [0.1, 0.15) is 31.4 Å². The van der Waals surface area contributed by atoms with Crippen LogP contribution in [0.4, 0.5) is 5.69 Å². The topological polar surface area (TPSA) is 61.4 Å². The molecule has 0 aliphatic heterocycles. The molecular weight excluding hydrogens is 362 g/mol. The van der Waals surface area contributed by atoms with Crippen molar-refractivity contribution in [3.8, 4) is 0 Å². The van der Waals surface area contributed by atoms with E-state index in [9.17, 15) is 9.59 Å². The molecule has 0 saturated heterocycles. The molecule has 0 spiro atoms. The minimum Gasteiger partial charge on any atom is -0.338 e. The van der Waals surface area contributed by atoms with Gasteiger partial charge >= 0.3 is 0 Å². The van der Waals surface area contributed by atoms with E-state index in [4.69, 9.17) is 0 Å². The van der Waals surface area contributed by atoms with Crippen LogP contribution in [0.5, 0.6) is 0 Å². The average molecular weight is 390 g/mol. The first-order valence-electron chi connectivity index (χ1n) is 8.98. The van der Waals surface area contributed by atoms with Crippen LogP contribution in [0.15, 0.2) is 54.6 Å². The molecule has 0 unspecified atom stereocenters. The molecule has 0 aliphatic carbocycles. The number of para-hydroxylation sites is 1. The number of anilines is 1. The molecule has 0 atom stereocenters. The molecule has 27 heavy (non-hydrogen) atoms. The number of carbonyl (C=O) groups excluding carboxylic acids is 2. The van der Waals surface area contributed by atoms with Crippen molar-refractivity contribution in [3.05, 3.63) is 65.7 Å². The van der Waals surface area contributed by atoms with E-state index in [2.05, 4.69) is 10.6 Å². The molecule has 2 aromatic carbocycles. The van der Waals surface area contributed by atoms with Gasteiger partial charge in [0.05, 0.1) is 0 Å². The molecule has 0 aromatic heterocycles. The Morgan fingerprint density at radius 1 is 1.00 bits per heavy atom. The van der Waals surface area contributed by atoms with Gasteiger partial charge in [-0.15, -0.1) is 12.4 Å². The Morgan fingerprint density at radius 3 is 2.33 bits per heavy atom. The Hall–Kier alpha value is -2.37. The summed E-state index contributed by atoms with van der Waals surface area (Å²) in [6.07, 6.45) is 0.266. The quantitative estimate of drug-likeness (QED) is 0.688. The SMILES string of the molecule is CCNCc1ccccc1NC(=O)CCN(Cc1ccccc1)C(C)=O.Cl. The van der Waals surface area contributed by atoms with Gasteiger partial charge in [0.25, 0.3) is 0 Å². The van der Waals surface area contributed by atoms with Crippen LogP contribution in [-0.4, -0.2) is 29.8 Å². The van der Waals surface area contributed by atoms with Gasteiger partial charge in [0.15, 0.2) is 0 Å². The van der Waals surface area contributed by atoms with Crippen molar-refractivity contribution in [2.75, 3.05) is 18.4 Å². The molecule has 2 aromatic rings. The normalized spacial score (nSPS) is 10.0. The van der Waals surface area contributed by atoms with Gasteiger partial charge in [-0.2, -0.15) is 0 Å². The summed E-state index contributed by atoms with van der Waals surface area (Å²) in [6.45, 7) is 6.07. The second-order valence-corrected chi connectivity index (χ2v) is 6.16. The predicted molar refractivity (Wildman–Crippen MR) is 112 cm³/mol. The third-order valence-electron chi connectivity index (χ3n) is 4.13. The van der Waals surface area contributed by atoms with Gasteiger partial charge in [0.2, 0.25) is 11.8 Å². The zero-order valence-electron chi connectivity index (χ0n) is 15.9. The van der Waals surface area contributed by atoms with Gasteiger partial charge in [-0.05, 0) is 23.7 Å². The van der Waals surface area contributed by atoms with Crippen molar-refractivity contribution in [2.24, 2.45) is 0 Å². The van der Waals surface area contributed by atoms with Crippen molar-refractivity contribution >= 4 is 29.9 Å². The summed E-state index contributed by atoms with van der Waals surface area (Å²) in [5.74, 6) is -0.123. The second-order valence-electron chi connectivity index (χ2n) is 6.16. The Labute approximate surface area is 167 Å². The Morgan fingerprint density at radius 2 is 1.67 bits per heavy atom. The van der Waals surface area contributed by atoms with Crippen LogP contribution in [0.2, 0.25) is 0 Å². The number of rotatable bonds is 9. The minimum atomic E-state index is -0.0896. The summed E-state index contributed by atoms with van der Waals surface area (Å²) in [5, 5.41) is 6.23. The van der Waals surface area contributed by atoms with E-state index in [1.165, 1.54) is 6.92 Å². The van der Waals surface area contributed by atoms with Crippen molar-refractivity contribution in [1.29, 1.82) is 0 Å². The van der Waals surface area contributed by atoms with Gasteiger partial charge < -0.3 is 15.5 Å². The molecule has 2 rings (SSSR count). The molecule has 0 bridgehead atoms. The first kappa shape index (κ1) is 22.7. The summed E-state index contributed by atoms with van der Waals surface area (Å²) in [4.78, 5) is 25.9. The fraction of sp³-hybridized carbons (Fsp3) is 0.333. The second kappa shape index (κ2) is 12.1. The van der Waals surface area contributed by atoms with E-state index in [1.807, 2.05) is 61.5 Å². The summed E-state index contributed by atoms with van der Waals surface area (Å²) in [5.41, 5.74) is 2.92. The number of amides is 2. The monoisotopic (exact) mass is 389 g/mol. The molecular formula is C21H28ClN3O2. The van der Waals surface area contributed by atoms with Crippen LogP contribution in [0.3, 0.4) is 0 Å². The molecule has 6 heteroatoms. The molecule has 0 heterocycles. The number of hydrogen-bond acceptors (Lipinski definition) is 3. The molecule has 2 amide bonds. The lowest BCUT2D eigenvalue weighted by Gasteiger charge is -2.21. The Balaban J connectivity index is 0.00000364. The highest BCUT2D eigenvalue weighted by atomic mass is 35.5. The Kier molecular flexibility index (Phi) is 10.2. The standard InChI is InChI=1S/C21H27N3O2.ClH/c1-3-22-15-19-11-7-8-12-20(19)23-21(26)13-14-24(17(2)25)16-18-9-5-4-6-10-18;/h4-12,22H,3,13-16H2,1-2H3,(H,23,26);1H. The van der Waals surface area contributed by atoms with Crippen LogP contribution in [0, 0.1) is 0 Å². The van der Waals surface area contributed by atoms with Gasteiger partial charge in [-0.3, -0.25) is 9.59 Å². The molecule has 0 aliphatic rings. The number of nitrogens with zero attached hydrogens (tertiary/aromatic N) is 1. The average Bonchev–Trinajstić information content (AvgIpc) is 2.65. The van der Waals surface area contributed by atoms with Crippen LogP contribution < -0.4 is 10.6 Å². The predicted octanol–water partition coefficient (Wildman–Crippen LogP) is 3.60. The van der Waals surface area contributed by atoms with Gasteiger partial charge in [0.1, 0.15) is 0 Å². The third-order valence-corrected chi connectivity index (χ3v) is 4.13. The molecule has 2 N–H and O–H groups in total. The third kappa shape index (κ3) is 7.81. The smallest absolute Gasteiger partial charge is 0.226 e. The highest BCUT2D eigenvalue weighted by Crippen LogP contribution is 2.15. The molecule has 5 nitrogen and oxygen atoms in total.